The number of esters is 1. The molecular formula is C16H27NO3. The number of ether oxygens (including phenoxy) is 1. The lowest BCUT2D eigenvalue weighted by Crippen LogP contribution is -2.49. The number of nitrogens with zero attached hydrogens (tertiary/aromatic N) is 1. The van der Waals surface area contributed by atoms with Gasteiger partial charge in [0.25, 0.3) is 0 Å². The summed E-state index contributed by atoms with van der Waals surface area (Å²) in [6, 6.07) is -0.799. The van der Waals surface area contributed by atoms with Gasteiger partial charge in [-0.2, -0.15) is 0 Å². The summed E-state index contributed by atoms with van der Waals surface area (Å²) >= 11 is 0. The first-order valence-electron chi connectivity index (χ1n) is 9.91. The van der Waals surface area contributed by atoms with Crippen LogP contribution >= 0.6 is 0 Å². The molecule has 0 aromatic heterocycles. The van der Waals surface area contributed by atoms with Crippen molar-refractivity contribution in [3.8, 4) is 0 Å². The number of carbonyl (C=O) groups is 2. The van der Waals surface area contributed by atoms with E-state index in [4.69, 9.17) is 13.0 Å². The van der Waals surface area contributed by atoms with Gasteiger partial charge in [0.2, 0.25) is 5.91 Å². The number of fused-ring (bicyclic) bond motifs is 1. The summed E-state index contributed by atoms with van der Waals surface area (Å²) in [5.41, 5.74) is -2.32. The number of piperidine rings is 1. The van der Waals surface area contributed by atoms with Gasteiger partial charge in [0.05, 0.1) is 7.11 Å². The van der Waals surface area contributed by atoms with Gasteiger partial charge in [-0.25, -0.2) is 4.79 Å². The van der Waals surface area contributed by atoms with Crippen LogP contribution in [-0.4, -0.2) is 36.5 Å². The highest BCUT2D eigenvalue weighted by atomic mass is 16.5. The molecule has 20 heavy (non-hydrogen) atoms. The largest absolute Gasteiger partial charge is 0.467 e. The Kier molecular flexibility index (Phi) is 2.02. The molecule has 0 N–H and O–H groups in total. The van der Waals surface area contributed by atoms with Gasteiger partial charge in [-0.3, -0.25) is 4.79 Å². The van der Waals surface area contributed by atoms with Crippen molar-refractivity contribution in [1.82, 2.24) is 4.90 Å². The maximum absolute atomic E-state index is 13.1. The smallest absolute Gasteiger partial charge is 0.328 e. The Hall–Kier alpha value is -1.06. The number of amides is 1. The summed E-state index contributed by atoms with van der Waals surface area (Å²) in [6.07, 6.45) is 0. The molecule has 0 radical (unpaired) electrons. The number of rotatable bonds is 2. The van der Waals surface area contributed by atoms with E-state index in [1.54, 1.807) is 0 Å². The molecular weight excluding hydrogens is 254 g/mol. The van der Waals surface area contributed by atoms with Crippen molar-refractivity contribution >= 4 is 11.9 Å². The first-order chi connectivity index (χ1) is 11.5. The predicted molar refractivity (Wildman–Crippen MR) is 76.9 cm³/mol. The van der Waals surface area contributed by atoms with Gasteiger partial charge in [-0.05, 0) is 16.7 Å². The zero-order valence-electron chi connectivity index (χ0n) is 18.7. The minimum absolute atomic E-state index is 0.0575. The van der Waals surface area contributed by atoms with Crippen LogP contribution in [-0.2, 0) is 14.3 Å². The first kappa shape index (κ1) is 9.06. The Morgan fingerprint density at radius 3 is 2.55 bits per heavy atom. The molecule has 0 aromatic carbocycles. The molecule has 4 atom stereocenters. The molecule has 0 aromatic rings. The fourth-order valence-electron chi connectivity index (χ4n) is 3.40. The highest BCUT2D eigenvalue weighted by molar-refractivity contribution is 5.88. The van der Waals surface area contributed by atoms with Crippen molar-refractivity contribution in [3.05, 3.63) is 0 Å². The number of carbonyl (C=O) groups excluding carboxylic acids is 2. The Labute approximate surface area is 130 Å². The summed E-state index contributed by atoms with van der Waals surface area (Å²) in [6.45, 7) is 1.02. The molecule has 114 valence electrons. The molecule has 1 amide bonds. The van der Waals surface area contributed by atoms with Crippen LogP contribution in [0, 0.1) is 28.6 Å². The van der Waals surface area contributed by atoms with Gasteiger partial charge in [0.1, 0.15) is 6.04 Å². The second-order valence-corrected chi connectivity index (χ2v) is 6.84. The summed E-state index contributed by atoms with van der Waals surface area (Å²) in [5, 5.41) is 0. The van der Waals surface area contributed by atoms with Crippen LogP contribution < -0.4 is 0 Å². The number of hydrogen-bond donors (Lipinski definition) is 0. The van der Waals surface area contributed by atoms with Crippen molar-refractivity contribution in [2.24, 2.45) is 28.6 Å². The highest BCUT2D eigenvalue weighted by Crippen LogP contribution is 2.65. The molecule has 1 heterocycles. The van der Waals surface area contributed by atoms with E-state index >= 15 is 0 Å². The van der Waals surface area contributed by atoms with E-state index in [2.05, 4.69) is 0 Å². The third-order valence-electron chi connectivity index (χ3n) is 5.17. The van der Waals surface area contributed by atoms with Crippen molar-refractivity contribution in [3.63, 3.8) is 0 Å². The summed E-state index contributed by atoms with van der Waals surface area (Å²) in [5.74, 6) is -2.42. The van der Waals surface area contributed by atoms with Gasteiger partial charge < -0.3 is 9.64 Å². The van der Waals surface area contributed by atoms with Gasteiger partial charge in [-0.15, -0.1) is 0 Å². The third kappa shape index (κ3) is 2.13. The minimum atomic E-state index is -2.87. The Morgan fingerprint density at radius 1 is 1.45 bits per heavy atom. The average Bonchev–Trinajstić information content (AvgIpc) is 2.86. The van der Waals surface area contributed by atoms with Crippen molar-refractivity contribution in [2.75, 3.05) is 13.7 Å². The Balaban J connectivity index is 2.37. The summed E-state index contributed by atoms with van der Waals surface area (Å²) in [4.78, 5) is 26.7. The van der Waals surface area contributed by atoms with E-state index < -0.39 is 43.0 Å². The van der Waals surface area contributed by atoms with Crippen LogP contribution in [0.5, 0.6) is 0 Å². The lowest BCUT2D eigenvalue weighted by molar-refractivity contribution is -0.155. The molecule has 4 nitrogen and oxygen atoms in total. The van der Waals surface area contributed by atoms with Crippen LogP contribution in [0.4, 0.5) is 0 Å². The lowest BCUT2D eigenvalue weighted by Gasteiger charge is -2.35. The molecule has 1 saturated carbocycles. The molecule has 1 aliphatic carbocycles. The third-order valence-corrected chi connectivity index (χ3v) is 5.17. The first-order valence-corrected chi connectivity index (χ1v) is 6.91. The second kappa shape index (κ2) is 4.47. The molecule has 1 aliphatic heterocycles. The molecule has 4 heteroatoms. The normalized spacial score (nSPS) is 38.2. The van der Waals surface area contributed by atoms with E-state index in [1.165, 1.54) is 18.9 Å². The quantitative estimate of drug-likeness (QED) is 0.732. The van der Waals surface area contributed by atoms with E-state index in [-0.39, 0.29) is 17.3 Å². The van der Waals surface area contributed by atoms with Crippen LogP contribution in [0.15, 0.2) is 0 Å². The predicted octanol–water partition coefficient (Wildman–Crippen LogP) is 2.32. The molecule has 2 fully saturated rings. The van der Waals surface area contributed by atoms with Gasteiger partial charge in [-0.1, -0.05) is 41.4 Å². The SMILES string of the molecule is [2H]C([2H])([2H])C(C)([C@H](C)C(=O)N1C[C@H]2[C@@H](C1C(=O)OC)C2(C)C)C([2H])([2H])[2H]. The van der Waals surface area contributed by atoms with Gasteiger partial charge >= 0.3 is 5.97 Å². The zero-order chi connectivity index (χ0) is 20.5. The Morgan fingerprint density at radius 2 is 2.05 bits per heavy atom. The zero-order valence-corrected chi connectivity index (χ0v) is 12.7. The van der Waals surface area contributed by atoms with E-state index in [0.29, 0.717) is 6.54 Å². The van der Waals surface area contributed by atoms with Gasteiger partial charge in [0.15, 0.2) is 0 Å². The van der Waals surface area contributed by atoms with E-state index in [1.807, 2.05) is 13.8 Å². The van der Waals surface area contributed by atoms with Crippen molar-refractivity contribution < 1.29 is 22.6 Å². The molecule has 0 spiro atoms. The van der Waals surface area contributed by atoms with Crippen molar-refractivity contribution in [2.45, 2.75) is 47.4 Å². The van der Waals surface area contributed by atoms with E-state index in [0.717, 1.165) is 6.92 Å². The maximum atomic E-state index is 13.1. The molecule has 2 rings (SSSR count). The minimum Gasteiger partial charge on any atom is -0.467 e. The molecule has 1 saturated heterocycles. The van der Waals surface area contributed by atoms with Crippen LogP contribution in [0.3, 0.4) is 0 Å². The molecule has 1 unspecified atom stereocenters. The lowest BCUT2D eigenvalue weighted by atomic mass is 9.81. The number of likely N-dealkylation sites (tertiary alicyclic amines) is 1. The molecule has 2 aliphatic rings. The topological polar surface area (TPSA) is 46.6 Å². The van der Waals surface area contributed by atoms with Crippen LogP contribution in [0.2, 0.25) is 0 Å². The fourth-order valence-corrected chi connectivity index (χ4v) is 3.40. The standard InChI is InChI=1S/C16H27NO3/c1-9(15(2,3)4)13(18)17-8-10-11(16(10,5)6)12(17)14(19)20-7/h9-12H,8H2,1-7H3/t9-,10+,11+,12?/m1/s1/i2D3,3D3. The van der Waals surface area contributed by atoms with E-state index in [9.17, 15) is 9.59 Å². The average molecular weight is 287 g/mol. The van der Waals surface area contributed by atoms with Crippen molar-refractivity contribution in [1.29, 1.82) is 0 Å². The maximum Gasteiger partial charge on any atom is 0.328 e. The summed E-state index contributed by atoms with van der Waals surface area (Å²) < 4.78 is 51.2. The highest BCUT2D eigenvalue weighted by Gasteiger charge is 2.70. The van der Waals surface area contributed by atoms with Crippen LogP contribution in [0.25, 0.3) is 0 Å². The van der Waals surface area contributed by atoms with Crippen LogP contribution in [0.1, 0.15) is 49.6 Å². The molecule has 0 bridgehead atoms. The fraction of sp³-hybridized carbons (Fsp3) is 0.875. The summed E-state index contributed by atoms with van der Waals surface area (Å²) in [7, 11) is 1.24. The monoisotopic (exact) mass is 287 g/mol. The van der Waals surface area contributed by atoms with Gasteiger partial charge in [0, 0.05) is 26.6 Å². The number of hydrogen-bond acceptors (Lipinski definition) is 3. The second-order valence-electron chi connectivity index (χ2n) is 6.84. The number of methoxy groups -OCH3 is 1. The Bertz CT molecular complexity index is 598.